The van der Waals surface area contributed by atoms with Gasteiger partial charge in [-0.1, -0.05) is 59.6 Å². The highest BCUT2D eigenvalue weighted by Gasteiger charge is 2.30. The fraction of sp³-hybridized carbons (Fsp3) is 0.259. The Hall–Kier alpha value is -3.82. The van der Waals surface area contributed by atoms with Crippen LogP contribution >= 0.6 is 23.2 Å². The molecular weight excluding hydrogens is 533 g/mol. The minimum atomic E-state index is -0.852. The number of nitro groups is 1. The maximum Gasteiger partial charge on any atom is 0.311 e. The van der Waals surface area contributed by atoms with Crippen LogP contribution in [0.15, 0.2) is 66.7 Å². The Kier molecular flexibility index (Phi) is 10.3. The second-order valence-electron chi connectivity index (χ2n) is 8.25. The number of halogens is 2. The van der Waals surface area contributed by atoms with Crippen LogP contribution < -0.4 is 14.8 Å². The molecule has 3 aromatic rings. The van der Waals surface area contributed by atoms with Gasteiger partial charge in [-0.25, -0.2) is 0 Å². The Bertz CT molecular complexity index is 1290. The number of nitrogens with one attached hydrogen (secondary N) is 1. The van der Waals surface area contributed by atoms with E-state index in [2.05, 4.69) is 5.32 Å². The number of hydrogen-bond donors (Lipinski definition) is 1. The summed E-state index contributed by atoms with van der Waals surface area (Å²) in [7, 11) is 1.30. The summed E-state index contributed by atoms with van der Waals surface area (Å²) in [6, 6.07) is 17.4. The first-order valence-electron chi connectivity index (χ1n) is 11.7. The molecule has 0 saturated heterocycles. The topological polar surface area (TPSA) is 111 Å². The monoisotopic (exact) mass is 559 g/mol. The number of rotatable bonds is 12. The number of carbonyl (C=O) groups is 2. The molecule has 0 saturated carbocycles. The Morgan fingerprint density at radius 1 is 1.03 bits per heavy atom. The smallest absolute Gasteiger partial charge is 0.311 e. The molecule has 0 radical (unpaired) electrons. The molecular formula is C27H27Cl2N3O6. The minimum Gasteiger partial charge on any atom is -0.490 e. The number of carbonyl (C=O) groups excluding carboxylic acids is 2. The van der Waals surface area contributed by atoms with E-state index in [1.807, 2.05) is 30.3 Å². The molecule has 0 bridgehead atoms. The lowest BCUT2D eigenvalue weighted by atomic mass is 10.0. The van der Waals surface area contributed by atoms with E-state index in [-0.39, 0.29) is 36.1 Å². The maximum absolute atomic E-state index is 13.6. The Labute approximate surface area is 230 Å². The Morgan fingerprint density at radius 2 is 1.76 bits per heavy atom. The molecule has 3 aromatic carbocycles. The number of amides is 2. The van der Waals surface area contributed by atoms with Crippen molar-refractivity contribution in [3.8, 4) is 11.5 Å². The van der Waals surface area contributed by atoms with Gasteiger partial charge in [0.15, 0.2) is 6.61 Å². The first-order valence-corrected chi connectivity index (χ1v) is 12.5. The summed E-state index contributed by atoms with van der Waals surface area (Å²) in [6.07, 6.45) is 0.269. The molecule has 0 aromatic heterocycles. The van der Waals surface area contributed by atoms with Crippen molar-refractivity contribution < 1.29 is 24.0 Å². The van der Waals surface area contributed by atoms with E-state index in [9.17, 15) is 19.7 Å². The predicted molar refractivity (Wildman–Crippen MR) is 145 cm³/mol. The third-order valence-electron chi connectivity index (χ3n) is 5.67. The average molecular weight is 560 g/mol. The molecule has 11 heteroatoms. The fourth-order valence-electron chi connectivity index (χ4n) is 3.81. The quantitative estimate of drug-likeness (QED) is 0.245. The van der Waals surface area contributed by atoms with Crippen LogP contribution in [0.4, 0.5) is 5.69 Å². The zero-order chi connectivity index (χ0) is 27.7. The van der Waals surface area contributed by atoms with Crippen LogP contribution in [0, 0.1) is 10.1 Å². The molecule has 0 aliphatic rings. The van der Waals surface area contributed by atoms with Crippen molar-refractivity contribution in [2.45, 2.75) is 25.9 Å². The molecule has 0 unspecified atom stereocenters. The molecule has 2 amide bonds. The second-order valence-corrected chi connectivity index (χ2v) is 9.06. The standard InChI is InChI=1S/C27H27Cl2N3O6/c1-3-30-27(34)24(14-18-7-5-4-6-8-18)31(16-19-9-11-21(28)22(29)13-19)26(33)17-38-20-10-12-23(32(35)36)25(15-20)37-2/h4-13,15,24H,3,14,16-17H2,1-2H3,(H,30,34)/t24-/m0/s1. The van der Waals surface area contributed by atoms with E-state index in [0.717, 1.165) is 5.56 Å². The number of ether oxygens (including phenoxy) is 2. The van der Waals surface area contributed by atoms with Gasteiger partial charge in [-0.05, 0) is 36.2 Å². The van der Waals surface area contributed by atoms with Crippen LogP contribution in [-0.2, 0) is 22.6 Å². The molecule has 0 aliphatic heterocycles. The van der Waals surface area contributed by atoms with Crippen molar-refractivity contribution in [1.29, 1.82) is 0 Å². The van der Waals surface area contributed by atoms with Gasteiger partial charge in [0.25, 0.3) is 5.91 Å². The van der Waals surface area contributed by atoms with E-state index in [4.69, 9.17) is 32.7 Å². The van der Waals surface area contributed by atoms with Gasteiger partial charge in [-0.2, -0.15) is 0 Å². The summed E-state index contributed by atoms with van der Waals surface area (Å²) in [5.74, 6) is -0.591. The lowest BCUT2D eigenvalue weighted by Crippen LogP contribution is -2.51. The summed E-state index contributed by atoms with van der Waals surface area (Å²) < 4.78 is 10.7. The minimum absolute atomic E-state index is 0.00288. The number of nitro benzene ring substituents is 1. The van der Waals surface area contributed by atoms with E-state index >= 15 is 0 Å². The molecule has 38 heavy (non-hydrogen) atoms. The molecule has 3 rings (SSSR count). The van der Waals surface area contributed by atoms with Gasteiger partial charge in [0.05, 0.1) is 22.1 Å². The van der Waals surface area contributed by atoms with Crippen LogP contribution in [0.3, 0.4) is 0 Å². The molecule has 0 aliphatic carbocycles. The van der Waals surface area contributed by atoms with Crippen molar-refractivity contribution in [3.05, 3.63) is 98.0 Å². The molecule has 0 spiro atoms. The lowest BCUT2D eigenvalue weighted by Gasteiger charge is -2.31. The van der Waals surface area contributed by atoms with Crippen LogP contribution in [0.5, 0.6) is 11.5 Å². The van der Waals surface area contributed by atoms with Gasteiger partial charge in [-0.15, -0.1) is 0 Å². The number of hydrogen-bond acceptors (Lipinski definition) is 6. The SMILES string of the molecule is CCNC(=O)[C@H](Cc1ccccc1)N(Cc1ccc(Cl)c(Cl)c1)C(=O)COc1ccc([N+](=O)[O-])c(OC)c1. The molecule has 0 heterocycles. The van der Waals surface area contributed by atoms with Crippen LogP contribution in [0.2, 0.25) is 10.0 Å². The van der Waals surface area contributed by atoms with E-state index in [0.29, 0.717) is 22.2 Å². The van der Waals surface area contributed by atoms with Crippen molar-refractivity contribution in [1.82, 2.24) is 10.2 Å². The summed E-state index contributed by atoms with van der Waals surface area (Å²) >= 11 is 12.3. The first-order chi connectivity index (χ1) is 18.2. The third kappa shape index (κ3) is 7.60. The number of likely N-dealkylation sites (N-methyl/N-ethyl adjacent to an activating group) is 1. The van der Waals surface area contributed by atoms with Crippen LogP contribution in [-0.4, -0.2) is 47.9 Å². The van der Waals surface area contributed by atoms with Crippen molar-refractivity contribution in [3.63, 3.8) is 0 Å². The number of nitrogens with zero attached hydrogens (tertiary/aromatic N) is 2. The highest BCUT2D eigenvalue weighted by molar-refractivity contribution is 6.42. The van der Waals surface area contributed by atoms with Gasteiger partial charge in [0, 0.05) is 31.6 Å². The summed E-state index contributed by atoms with van der Waals surface area (Å²) in [4.78, 5) is 38.8. The highest BCUT2D eigenvalue weighted by Crippen LogP contribution is 2.31. The first kappa shape index (κ1) is 28.7. The largest absolute Gasteiger partial charge is 0.490 e. The van der Waals surface area contributed by atoms with Crippen molar-refractivity contribution in [2.24, 2.45) is 0 Å². The van der Waals surface area contributed by atoms with Gasteiger partial charge in [0.1, 0.15) is 11.8 Å². The molecule has 200 valence electrons. The predicted octanol–water partition coefficient (Wildman–Crippen LogP) is 5.07. The summed E-state index contributed by atoms with van der Waals surface area (Å²) in [5, 5.41) is 14.7. The van der Waals surface area contributed by atoms with E-state index < -0.39 is 23.5 Å². The van der Waals surface area contributed by atoms with E-state index in [1.54, 1.807) is 25.1 Å². The Balaban J connectivity index is 1.91. The number of benzene rings is 3. The molecule has 0 fully saturated rings. The second kappa shape index (κ2) is 13.6. The van der Waals surface area contributed by atoms with Gasteiger partial charge >= 0.3 is 5.69 Å². The van der Waals surface area contributed by atoms with Gasteiger partial charge in [-0.3, -0.25) is 19.7 Å². The Morgan fingerprint density at radius 3 is 2.39 bits per heavy atom. The van der Waals surface area contributed by atoms with Gasteiger partial charge in [0.2, 0.25) is 11.7 Å². The van der Waals surface area contributed by atoms with Crippen LogP contribution in [0.25, 0.3) is 0 Å². The molecule has 1 atom stereocenters. The summed E-state index contributed by atoms with van der Waals surface area (Å²) in [5.41, 5.74) is 1.32. The number of methoxy groups -OCH3 is 1. The molecule has 1 N–H and O–H groups in total. The zero-order valence-electron chi connectivity index (χ0n) is 20.9. The summed E-state index contributed by atoms with van der Waals surface area (Å²) in [6.45, 7) is 1.83. The van der Waals surface area contributed by atoms with Crippen molar-refractivity contribution in [2.75, 3.05) is 20.3 Å². The highest BCUT2D eigenvalue weighted by atomic mass is 35.5. The third-order valence-corrected chi connectivity index (χ3v) is 6.41. The maximum atomic E-state index is 13.6. The fourth-order valence-corrected chi connectivity index (χ4v) is 4.13. The zero-order valence-corrected chi connectivity index (χ0v) is 22.4. The lowest BCUT2D eigenvalue weighted by molar-refractivity contribution is -0.385. The molecule has 9 nitrogen and oxygen atoms in total. The average Bonchev–Trinajstić information content (AvgIpc) is 2.91. The van der Waals surface area contributed by atoms with Gasteiger partial charge < -0.3 is 19.7 Å². The van der Waals surface area contributed by atoms with Crippen molar-refractivity contribution >= 4 is 40.7 Å². The van der Waals surface area contributed by atoms with E-state index in [1.165, 1.54) is 30.2 Å². The van der Waals surface area contributed by atoms with Crippen LogP contribution in [0.1, 0.15) is 18.1 Å². The normalized spacial score (nSPS) is 11.4.